The van der Waals surface area contributed by atoms with Crippen LogP contribution in [0.1, 0.15) is 42.5 Å². The van der Waals surface area contributed by atoms with Gasteiger partial charge in [-0.25, -0.2) is 0 Å². The van der Waals surface area contributed by atoms with Gasteiger partial charge >= 0.3 is 0 Å². The van der Waals surface area contributed by atoms with Crippen LogP contribution in [0.25, 0.3) is 0 Å². The number of rotatable bonds is 7. The van der Waals surface area contributed by atoms with E-state index < -0.39 is 0 Å². The Labute approximate surface area is 174 Å². The van der Waals surface area contributed by atoms with Crippen LogP contribution in [-0.2, 0) is 0 Å². The molecule has 1 aromatic carbocycles. The second kappa shape index (κ2) is 9.67. The second-order valence-corrected chi connectivity index (χ2v) is 8.17. The predicted octanol–water partition coefficient (Wildman–Crippen LogP) is 2.39. The van der Waals surface area contributed by atoms with Crippen molar-refractivity contribution in [3.63, 3.8) is 0 Å². The summed E-state index contributed by atoms with van der Waals surface area (Å²) >= 11 is 0. The normalized spacial score (nSPS) is 20.1. The maximum absolute atomic E-state index is 13.0. The van der Waals surface area contributed by atoms with E-state index in [1.54, 1.807) is 33.5 Å². The minimum Gasteiger partial charge on any atom is -0.493 e. The number of hydrogen-bond acceptors (Lipinski definition) is 6. The molecule has 1 saturated heterocycles. The highest BCUT2D eigenvalue weighted by Gasteiger charge is 2.39. The molecule has 2 aliphatic rings. The Hall–Kier alpha value is -1.99. The highest BCUT2D eigenvalue weighted by molar-refractivity contribution is 5.95. The largest absolute Gasteiger partial charge is 0.493 e. The van der Waals surface area contributed by atoms with Crippen molar-refractivity contribution in [2.75, 3.05) is 61.1 Å². The van der Waals surface area contributed by atoms with E-state index in [1.165, 1.54) is 19.3 Å². The van der Waals surface area contributed by atoms with Gasteiger partial charge in [0.05, 0.1) is 21.3 Å². The number of methoxy groups -OCH3 is 3. The van der Waals surface area contributed by atoms with Crippen molar-refractivity contribution in [1.82, 2.24) is 15.1 Å². The summed E-state index contributed by atoms with van der Waals surface area (Å²) in [6.45, 7) is 4.98. The molecule has 3 rings (SSSR count). The zero-order valence-corrected chi connectivity index (χ0v) is 18.3. The fourth-order valence-electron chi connectivity index (χ4n) is 4.65. The molecule has 7 heteroatoms. The Bertz CT molecular complexity index is 670. The van der Waals surface area contributed by atoms with Crippen LogP contribution in [0.2, 0.25) is 0 Å². The van der Waals surface area contributed by atoms with Crippen molar-refractivity contribution in [2.24, 2.45) is 0 Å². The maximum atomic E-state index is 13.0. The Balaban J connectivity index is 1.75. The number of amides is 1. The van der Waals surface area contributed by atoms with Gasteiger partial charge in [0.1, 0.15) is 0 Å². The molecule has 1 N–H and O–H groups in total. The van der Waals surface area contributed by atoms with Gasteiger partial charge in [-0.15, -0.1) is 0 Å². The molecule has 7 nitrogen and oxygen atoms in total. The molecule has 0 atom stereocenters. The topological polar surface area (TPSA) is 63.3 Å². The fourth-order valence-corrected chi connectivity index (χ4v) is 4.65. The zero-order chi connectivity index (χ0) is 20.9. The van der Waals surface area contributed by atoms with Crippen LogP contribution in [0, 0.1) is 0 Å². The van der Waals surface area contributed by atoms with E-state index in [0.29, 0.717) is 29.4 Å². The molecule has 0 unspecified atom stereocenters. The molecule has 2 fully saturated rings. The number of ether oxygens (including phenoxy) is 3. The van der Waals surface area contributed by atoms with Crippen LogP contribution in [0.5, 0.6) is 17.2 Å². The number of nitrogens with one attached hydrogen (secondary N) is 1. The van der Waals surface area contributed by atoms with Gasteiger partial charge in [0, 0.05) is 43.8 Å². The first-order chi connectivity index (χ1) is 14.0. The van der Waals surface area contributed by atoms with Crippen LogP contribution in [0.3, 0.4) is 0 Å². The van der Waals surface area contributed by atoms with Crippen molar-refractivity contribution in [2.45, 2.75) is 37.6 Å². The number of carbonyl (C=O) groups is 1. The Morgan fingerprint density at radius 3 is 2.07 bits per heavy atom. The van der Waals surface area contributed by atoms with Gasteiger partial charge in [0.25, 0.3) is 5.91 Å². The molecule has 1 aliphatic carbocycles. The average molecular weight is 406 g/mol. The Morgan fingerprint density at radius 1 is 0.966 bits per heavy atom. The van der Waals surface area contributed by atoms with Gasteiger partial charge in [0.15, 0.2) is 11.5 Å². The van der Waals surface area contributed by atoms with Crippen LogP contribution < -0.4 is 19.5 Å². The molecule has 1 aromatic rings. The number of likely N-dealkylation sites (N-methyl/N-ethyl adjacent to an activating group) is 1. The summed E-state index contributed by atoms with van der Waals surface area (Å²) in [5.41, 5.74) is 0.583. The van der Waals surface area contributed by atoms with Crippen LogP contribution in [-0.4, -0.2) is 82.3 Å². The van der Waals surface area contributed by atoms with Crippen molar-refractivity contribution in [1.29, 1.82) is 0 Å². The van der Waals surface area contributed by atoms with Crippen molar-refractivity contribution in [3.05, 3.63) is 17.7 Å². The third-order valence-electron chi connectivity index (χ3n) is 6.46. The lowest BCUT2D eigenvalue weighted by Crippen LogP contribution is -2.61. The van der Waals surface area contributed by atoms with E-state index >= 15 is 0 Å². The van der Waals surface area contributed by atoms with E-state index in [2.05, 4.69) is 22.2 Å². The van der Waals surface area contributed by atoms with Gasteiger partial charge in [-0.2, -0.15) is 0 Å². The van der Waals surface area contributed by atoms with Gasteiger partial charge in [-0.3, -0.25) is 9.69 Å². The van der Waals surface area contributed by atoms with E-state index in [1.807, 2.05) is 0 Å². The van der Waals surface area contributed by atoms with Crippen molar-refractivity contribution < 1.29 is 19.0 Å². The monoisotopic (exact) mass is 405 g/mol. The third-order valence-corrected chi connectivity index (χ3v) is 6.46. The summed E-state index contributed by atoms with van der Waals surface area (Å²) in [6.07, 6.45) is 6.04. The highest BCUT2D eigenvalue weighted by atomic mass is 16.5. The number of piperazine rings is 1. The standard InChI is InChI=1S/C22H35N3O4/c1-24-10-12-25(13-11-24)22(8-6-5-7-9-22)16-23-21(26)17-14-18(27-2)20(29-4)19(15-17)28-3/h14-15H,5-13,16H2,1-4H3,(H,23,26). The summed E-state index contributed by atoms with van der Waals surface area (Å²) in [5, 5.41) is 3.21. The molecule has 1 heterocycles. The summed E-state index contributed by atoms with van der Waals surface area (Å²) in [7, 11) is 6.85. The molecular formula is C22H35N3O4. The first-order valence-corrected chi connectivity index (χ1v) is 10.5. The number of nitrogens with zero attached hydrogens (tertiary/aromatic N) is 2. The van der Waals surface area contributed by atoms with E-state index in [9.17, 15) is 4.79 Å². The highest BCUT2D eigenvalue weighted by Crippen LogP contribution is 2.38. The lowest BCUT2D eigenvalue weighted by Gasteiger charge is -2.49. The van der Waals surface area contributed by atoms with Gasteiger partial charge < -0.3 is 24.4 Å². The quantitative estimate of drug-likeness (QED) is 0.752. The van der Waals surface area contributed by atoms with Crippen LogP contribution in [0.15, 0.2) is 12.1 Å². The SMILES string of the molecule is COc1cc(C(=O)NCC2(N3CCN(C)CC3)CCCCC2)cc(OC)c1OC. The van der Waals surface area contributed by atoms with Crippen LogP contribution >= 0.6 is 0 Å². The summed E-state index contributed by atoms with van der Waals surface area (Å²) in [5.74, 6) is 1.36. The molecule has 0 radical (unpaired) electrons. The smallest absolute Gasteiger partial charge is 0.251 e. The first-order valence-electron chi connectivity index (χ1n) is 10.5. The van der Waals surface area contributed by atoms with Gasteiger partial charge in [-0.1, -0.05) is 19.3 Å². The fraction of sp³-hybridized carbons (Fsp3) is 0.682. The molecule has 0 bridgehead atoms. The first kappa shape index (κ1) is 21.7. The second-order valence-electron chi connectivity index (χ2n) is 8.17. The predicted molar refractivity (Wildman–Crippen MR) is 113 cm³/mol. The molecule has 29 heavy (non-hydrogen) atoms. The molecule has 0 spiro atoms. The van der Waals surface area contributed by atoms with Crippen LogP contribution in [0.4, 0.5) is 0 Å². The lowest BCUT2D eigenvalue weighted by molar-refractivity contribution is 0.0138. The Morgan fingerprint density at radius 2 is 1.55 bits per heavy atom. The van der Waals surface area contributed by atoms with E-state index in [0.717, 1.165) is 39.0 Å². The summed E-state index contributed by atoms with van der Waals surface area (Å²) in [4.78, 5) is 18.0. The van der Waals surface area contributed by atoms with E-state index in [-0.39, 0.29) is 11.4 Å². The number of hydrogen-bond donors (Lipinski definition) is 1. The van der Waals surface area contributed by atoms with Gasteiger partial charge in [-0.05, 0) is 32.0 Å². The van der Waals surface area contributed by atoms with Crippen molar-refractivity contribution in [3.8, 4) is 17.2 Å². The molecule has 162 valence electrons. The summed E-state index contributed by atoms with van der Waals surface area (Å²) < 4.78 is 16.1. The number of carbonyl (C=O) groups excluding carboxylic acids is 1. The molecule has 1 saturated carbocycles. The molecular weight excluding hydrogens is 370 g/mol. The number of benzene rings is 1. The third kappa shape index (κ3) is 4.78. The minimum absolute atomic E-state index is 0.0653. The maximum Gasteiger partial charge on any atom is 0.251 e. The Kier molecular flexibility index (Phi) is 7.24. The van der Waals surface area contributed by atoms with E-state index in [4.69, 9.17) is 14.2 Å². The zero-order valence-electron chi connectivity index (χ0n) is 18.3. The van der Waals surface area contributed by atoms with Gasteiger partial charge in [0.2, 0.25) is 5.75 Å². The molecule has 1 amide bonds. The average Bonchev–Trinajstić information content (AvgIpc) is 2.77. The lowest BCUT2D eigenvalue weighted by atomic mass is 9.79. The minimum atomic E-state index is -0.108. The summed E-state index contributed by atoms with van der Waals surface area (Å²) in [6, 6.07) is 3.42. The molecule has 1 aliphatic heterocycles. The molecule has 0 aromatic heterocycles. The van der Waals surface area contributed by atoms with Crippen molar-refractivity contribution >= 4 is 5.91 Å².